The van der Waals surface area contributed by atoms with Gasteiger partial charge >= 0.3 is 0 Å². The number of amides is 2. The number of nitrogens with zero attached hydrogens (tertiary/aromatic N) is 4. The van der Waals surface area contributed by atoms with Crippen LogP contribution in [0.15, 0.2) is 60.7 Å². The molecule has 5 rings (SSSR count). The number of hydrogen-bond acceptors (Lipinski definition) is 4. The van der Waals surface area contributed by atoms with E-state index in [2.05, 4.69) is 5.10 Å². The molecule has 162 valence electrons. The molecule has 3 heterocycles. The molecule has 2 aromatic heterocycles. The molecule has 6 nitrogen and oxygen atoms in total. The Morgan fingerprint density at radius 1 is 1.09 bits per heavy atom. The highest BCUT2D eigenvalue weighted by Gasteiger charge is 2.35. The van der Waals surface area contributed by atoms with Crippen molar-refractivity contribution in [3.63, 3.8) is 0 Å². The predicted octanol–water partition coefficient (Wildman–Crippen LogP) is 4.92. The summed E-state index contributed by atoms with van der Waals surface area (Å²) in [7, 11) is 1.89. The average molecular weight is 445 g/mol. The lowest BCUT2D eigenvalue weighted by Crippen LogP contribution is -2.39. The Bertz CT molecular complexity index is 1290. The van der Waals surface area contributed by atoms with Crippen LogP contribution in [-0.2, 0) is 18.4 Å². The summed E-state index contributed by atoms with van der Waals surface area (Å²) < 4.78 is 1.82. The molecule has 0 unspecified atom stereocenters. The largest absolute Gasteiger partial charge is 0.306 e. The summed E-state index contributed by atoms with van der Waals surface area (Å²) in [6.45, 7) is 4.37. The van der Waals surface area contributed by atoms with E-state index in [1.165, 1.54) is 11.3 Å². The summed E-state index contributed by atoms with van der Waals surface area (Å²) in [5, 5.41) is 5.44. The third-order valence-corrected chi connectivity index (χ3v) is 7.14. The quantitative estimate of drug-likeness (QED) is 0.451. The van der Waals surface area contributed by atoms with Gasteiger partial charge in [0.05, 0.1) is 28.5 Å². The van der Waals surface area contributed by atoms with Crippen LogP contribution in [0.4, 0.5) is 11.4 Å². The number of carbonyl (C=O) groups excluding carboxylic acids is 2. The van der Waals surface area contributed by atoms with Crippen LogP contribution in [0, 0.1) is 6.92 Å². The number of hydrogen-bond donors (Lipinski definition) is 0. The molecule has 0 radical (unpaired) electrons. The standard InChI is InChI=1S/C25H24N4O2S/c1-16-13-23(30)28(15-18-9-5-4-6-10-18)20-11-7-8-12-21(20)29(16)24(31)22-14-19-17(2)26-27(3)25(19)32-22/h4-12,14,16H,13,15H2,1-3H3/t16-/m0/s1. The zero-order valence-corrected chi connectivity index (χ0v) is 19.1. The fourth-order valence-electron chi connectivity index (χ4n) is 4.40. The third kappa shape index (κ3) is 3.39. The van der Waals surface area contributed by atoms with E-state index >= 15 is 0 Å². The number of aromatic nitrogens is 2. The lowest BCUT2D eigenvalue weighted by Gasteiger charge is -2.28. The van der Waals surface area contributed by atoms with Gasteiger partial charge in [-0.2, -0.15) is 5.10 Å². The van der Waals surface area contributed by atoms with Crippen LogP contribution in [0.3, 0.4) is 0 Å². The van der Waals surface area contributed by atoms with Gasteiger partial charge in [0.2, 0.25) is 5.91 Å². The van der Waals surface area contributed by atoms with Crippen LogP contribution in [0.5, 0.6) is 0 Å². The van der Waals surface area contributed by atoms with Gasteiger partial charge in [0.25, 0.3) is 5.91 Å². The van der Waals surface area contributed by atoms with Gasteiger partial charge in [0.15, 0.2) is 0 Å². The lowest BCUT2D eigenvalue weighted by molar-refractivity contribution is -0.118. The first kappa shape index (κ1) is 20.5. The zero-order chi connectivity index (χ0) is 22.4. The van der Waals surface area contributed by atoms with E-state index in [0.717, 1.165) is 32.8 Å². The SMILES string of the molecule is Cc1nn(C)c2sc(C(=O)N3c4ccccc4N(Cc4ccccc4)C(=O)C[C@@H]3C)cc12. The lowest BCUT2D eigenvalue weighted by atomic mass is 10.1. The average Bonchev–Trinajstić information content (AvgIpc) is 3.31. The molecule has 0 fully saturated rings. The molecule has 1 aliphatic heterocycles. The van der Waals surface area contributed by atoms with Crippen LogP contribution >= 0.6 is 11.3 Å². The highest BCUT2D eigenvalue weighted by atomic mass is 32.1. The van der Waals surface area contributed by atoms with Crippen molar-refractivity contribution in [2.75, 3.05) is 9.80 Å². The molecule has 0 N–H and O–H groups in total. The van der Waals surface area contributed by atoms with Crippen molar-refractivity contribution in [3.05, 3.63) is 76.8 Å². The molecule has 0 bridgehead atoms. The molecule has 0 saturated carbocycles. The number of para-hydroxylation sites is 2. The molecule has 1 aliphatic rings. The van der Waals surface area contributed by atoms with Gasteiger partial charge in [0, 0.05) is 24.9 Å². The third-order valence-electron chi connectivity index (χ3n) is 5.95. The fourth-order valence-corrected chi connectivity index (χ4v) is 5.46. The first-order valence-electron chi connectivity index (χ1n) is 10.6. The second kappa shape index (κ2) is 7.91. The number of thiophene rings is 1. The van der Waals surface area contributed by atoms with E-state index in [0.29, 0.717) is 11.4 Å². The van der Waals surface area contributed by atoms with E-state index < -0.39 is 0 Å². The van der Waals surface area contributed by atoms with Gasteiger partial charge in [-0.1, -0.05) is 42.5 Å². The number of fused-ring (bicyclic) bond motifs is 2. The van der Waals surface area contributed by atoms with Gasteiger partial charge in [-0.05, 0) is 37.6 Å². The van der Waals surface area contributed by atoms with Gasteiger partial charge < -0.3 is 9.80 Å². The normalized spacial score (nSPS) is 16.3. The Hall–Kier alpha value is -3.45. The maximum Gasteiger partial charge on any atom is 0.268 e. The molecular formula is C25H24N4O2S. The Balaban J connectivity index is 1.58. The number of benzene rings is 2. The molecule has 0 saturated heterocycles. The molecule has 1 atom stereocenters. The second-order valence-electron chi connectivity index (χ2n) is 8.22. The highest BCUT2D eigenvalue weighted by molar-refractivity contribution is 7.20. The van der Waals surface area contributed by atoms with E-state index in [1.54, 1.807) is 9.80 Å². The molecule has 0 spiro atoms. The van der Waals surface area contributed by atoms with Crippen LogP contribution in [0.25, 0.3) is 10.2 Å². The number of carbonyl (C=O) groups is 2. The smallest absolute Gasteiger partial charge is 0.268 e. The summed E-state index contributed by atoms with van der Waals surface area (Å²) in [4.78, 5) is 32.2. The molecule has 2 amide bonds. The van der Waals surface area contributed by atoms with Crippen molar-refractivity contribution in [2.45, 2.75) is 32.9 Å². The molecule has 7 heteroatoms. The van der Waals surface area contributed by atoms with Crippen molar-refractivity contribution in [3.8, 4) is 0 Å². The van der Waals surface area contributed by atoms with Crippen molar-refractivity contribution < 1.29 is 9.59 Å². The van der Waals surface area contributed by atoms with Crippen molar-refractivity contribution in [1.29, 1.82) is 0 Å². The van der Waals surface area contributed by atoms with E-state index in [4.69, 9.17) is 0 Å². The minimum Gasteiger partial charge on any atom is -0.306 e. The van der Waals surface area contributed by atoms with Crippen LogP contribution in [0.2, 0.25) is 0 Å². The van der Waals surface area contributed by atoms with E-state index in [-0.39, 0.29) is 24.3 Å². The number of aryl methyl sites for hydroxylation is 2. The summed E-state index contributed by atoms with van der Waals surface area (Å²) in [5.41, 5.74) is 3.49. The van der Waals surface area contributed by atoms with Gasteiger partial charge in [-0.25, -0.2) is 0 Å². The van der Waals surface area contributed by atoms with Crippen LogP contribution in [0.1, 0.15) is 34.3 Å². The second-order valence-corrected chi connectivity index (χ2v) is 9.25. The molecule has 2 aromatic carbocycles. The Kier molecular flexibility index (Phi) is 5.06. The predicted molar refractivity (Wildman–Crippen MR) is 128 cm³/mol. The fraction of sp³-hybridized carbons (Fsp3) is 0.240. The van der Waals surface area contributed by atoms with Crippen molar-refractivity contribution in [1.82, 2.24) is 9.78 Å². The zero-order valence-electron chi connectivity index (χ0n) is 18.3. The van der Waals surface area contributed by atoms with Gasteiger partial charge in [-0.3, -0.25) is 14.3 Å². The Labute approximate surface area is 190 Å². The molecule has 4 aromatic rings. The number of rotatable bonds is 3. The van der Waals surface area contributed by atoms with Crippen molar-refractivity contribution >= 4 is 44.7 Å². The highest BCUT2D eigenvalue weighted by Crippen LogP contribution is 2.38. The number of anilines is 2. The Morgan fingerprint density at radius 3 is 2.50 bits per heavy atom. The minimum absolute atomic E-state index is 0.0143. The van der Waals surface area contributed by atoms with E-state index in [1.807, 2.05) is 86.2 Å². The van der Waals surface area contributed by atoms with Gasteiger partial charge in [0.1, 0.15) is 4.83 Å². The first-order chi connectivity index (χ1) is 15.4. The monoisotopic (exact) mass is 444 g/mol. The first-order valence-corrected chi connectivity index (χ1v) is 11.5. The minimum atomic E-state index is -0.263. The van der Waals surface area contributed by atoms with Crippen molar-refractivity contribution in [2.24, 2.45) is 7.05 Å². The topological polar surface area (TPSA) is 58.4 Å². The maximum absolute atomic E-state index is 13.8. The van der Waals surface area contributed by atoms with E-state index in [9.17, 15) is 9.59 Å². The summed E-state index contributed by atoms with van der Waals surface area (Å²) in [5.74, 6) is -0.0691. The van der Waals surface area contributed by atoms with Crippen LogP contribution < -0.4 is 9.80 Å². The molecule has 0 aliphatic carbocycles. The summed E-state index contributed by atoms with van der Waals surface area (Å²) in [6.07, 6.45) is 0.263. The summed E-state index contributed by atoms with van der Waals surface area (Å²) in [6, 6.07) is 19.3. The van der Waals surface area contributed by atoms with Gasteiger partial charge in [-0.15, -0.1) is 11.3 Å². The maximum atomic E-state index is 13.8. The van der Waals surface area contributed by atoms with Crippen LogP contribution in [-0.4, -0.2) is 27.6 Å². The Morgan fingerprint density at radius 2 is 1.78 bits per heavy atom. The molecule has 32 heavy (non-hydrogen) atoms. The molecular weight excluding hydrogens is 420 g/mol. The summed E-state index contributed by atoms with van der Waals surface area (Å²) >= 11 is 1.44.